The van der Waals surface area contributed by atoms with Gasteiger partial charge in [0, 0.05) is 29.6 Å². The maximum atomic E-state index is 3.06. The van der Waals surface area contributed by atoms with Crippen molar-refractivity contribution in [3.63, 3.8) is 0 Å². The largest absolute Gasteiger partial charge is 0.284 e. The Balaban J connectivity index is 0.000000446. The van der Waals surface area contributed by atoms with E-state index in [1.807, 2.05) is 6.26 Å². The van der Waals surface area contributed by atoms with Crippen LogP contribution in [-0.4, -0.2) is 6.26 Å². The Morgan fingerprint density at radius 1 is 1.00 bits per heavy atom. The van der Waals surface area contributed by atoms with Gasteiger partial charge in [-0.05, 0) is 44.6 Å². The van der Waals surface area contributed by atoms with Crippen LogP contribution in [0.3, 0.4) is 0 Å². The predicted octanol–water partition coefficient (Wildman–Crippen LogP) is 4.55. The van der Waals surface area contributed by atoms with Crippen LogP contribution < -0.4 is 8.80 Å². The van der Waals surface area contributed by atoms with Crippen LogP contribution in [0.25, 0.3) is 22.3 Å². The lowest BCUT2D eigenvalue weighted by atomic mass is 10.2. The molecule has 0 spiro atoms. The standard InChI is InChI=1S/C16H12N2S.CH3BrS/c1-3-8-17-11-16(13-7-10-19-12-13)18-9-4-2-6-15(18)14(17)5-1;1-3-2/h1-12H;1H3/q+2;. The summed E-state index contributed by atoms with van der Waals surface area (Å²) >= 11 is 4.79. The van der Waals surface area contributed by atoms with Gasteiger partial charge in [0.2, 0.25) is 6.20 Å². The fraction of sp³-hybridized carbons (Fsp3) is 0.0588. The summed E-state index contributed by atoms with van der Waals surface area (Å²) in [6.07, 6.45) is 8.36. The van der Waals surface area contributed by atoms with E-state index >= 15 is 0 Å². The van der Waals surface area contributed by atoms with Crippen molar-refractivity contribution in [3.8, 4) is 11.3 Å². The van der Waals surface area contributed by atoms with E-state index in [2.05, 4.69) is 95.4 Å². The van der Waals surface area contributed by atoms with Gasteiger partial charge in [-0.25, -0.2) is 0 Å². The van der Waals surface area contributed by atoms with E-state index in [9.17, 15) is 0 Å². The van der Waals surface area contributed by atoms with Gasteiger partial charge < -0.3 is 0 Å². The molecule has 0 fully saturated rings. The first kappa shape index (κ1) is 15.5. The summed E-state index contributed by atoms with van der Waals surface area (Å²) in [5.41, 5.74) is 4.89. The SMILES string of the molecule is CSBr.c1cc[n+]2cc(-c3ccsc3)[n+]3ccccc3c2c1. The maximum Gasteiger partial charge on any atom is 0.284 e. The molecule has 0 aromatic carbocycles. The average molecular weight is 391 g/mol. The molecule has 0 radical (unpaired) electrons. The molecule has 0 aliphatic rings. The van der Waals surface area contributed by atoms with E-state index < -0.39 is 0 Å². The van der Waals surface area contributed by atoms with Crippen LogP contribution in [0.5, 0.6) is 0 Å². The summed E-state index contributed by atoms with van der Waals surface area (Å²) in [5, 5.41) is 4.30. The van der Waals surface area contributed by atoms with E-state index in [0.717, 1.165) is 0 Å². The number of nitrogens with zero attached hydrogens (tertiary/aromatic N) is 2. The monoisotopic (exact) mass is 390 g/mol. The van der Waals surface area contributed by atoms with Gasteiger partial charge in [-0.2, -0.15) is 15.7 Å². The van der Waals surface area contributed by atoms with Crippen LogP contribution in [0.2, 0.25) is 0 Å². The van der Waals surface area contributed by atoms with E-state index in [1.165, 1.54) is 22.3 Å². The lowest BCUT2D eigenvalue weighted by Gasteiger charge is -1.97. The van der Waals surface area contributed by atoms with Crippen LogP contribution in [0.1, 0.15) is 0 Å². The zero-order chi connectivity index (χ0) is 15.4. The summed E-state index contributed by atoms with van der Waals surface area (Å²) in [5.74, 6) is 0. The average Bonchev–Trinajstić information content (AvgIpc) is 3.09. The molecular weight excluding hydrogens is 376 g/mol. The number of thiophene rings is 1. The van der Waals surface area contributed by atoms with Gasteiger partial charge in [-0.1, -0.05) is 10.2 Å². The summed E-state index contributed by atoms with van der Waals surface area (Å²) < 4.78 is 4.43. The fourth-order valence-electron chi connectivity index (χ4n) is 2.47. The van der Waals surface area contributed by atoms with E-state index in [0.29, 0.717) is 0 Å². The minimum Gasteiger partial charge on any atom is -0.155 e. The van der Waals surface area contributed by atoms with Crippen LogP contribution in [-0.2, 0) is 0 Å². The van der Waals surface area contributed by atoms with Crippen molar-refractivity contribution < 1.29 is 8.80 Å². The van der Waals surface area contributed by atoms with Gasteiger partial charge in [0.05, 0.1) is 5.56 Å². The Labute approximate surface area is 145 Å². The molecule has 0 saturated heterocycles. The molecule has 4 rings (SSSR count). The second-order valence-corrected chi connectivity index (χ2v) is 7.66. The number of rotatable bonds is 1. The zero-order valence-electron chi connectivity index (χ0n) is 12.0. The van der Waals surface area contributed by atoms with Crippen molar-refractivity contribution in [2.24, 2.45) is 0 Å². The van der Waals surface area contributed by atoms with Crippen LogP contribution in [0, 0.1) is 0 Å². The highest BCUT2D eigenvalue weighted by atomic mass is 79.9. The Bertz CT molecular complexity index is 892. The van der Waals surface area contributed by atoms with Gasteiger partial charge >= 0.3 is 0 Å². The lowest BCUT2D eigenvalue weighted by molar-refractivity contribution is -0.556. The third-order valence-corrected chi connectivity index (χ3v) is 4.03. The Morgan fingerprint density at radius 3 is 2.45 bits per heavy atom. The number of halogens is 1. The molecule has 22 heavy (non-hydrogen) atoms. The van der Waals surface area contributed by atoms with Gasteiger partial charge in [-0.15, -0.1) is 4.40 Å². The molecule has 0 bridgehead atoms. The molecule has 0 aliphatic heterocycles. The maximum absolute atomic E-state index is 3.06. The van der Waals surface area contributed by atoms with E-state index in [-0.39, 0.29) is 0 Å². The first-order valence-electron chi connectivity index (χ1n) is 6.76. The summed E-state index contributed by atoms with van der Waals surface area (Å²) in [6.45, 7) is 0. The van der Waals surface area contributed by atoms with Crippen LogP contribution >= 0.6 is 36.3 Å². The smallest absolute Gasteiger partial charge is 0.155 e. The van der Waals surface area contributed by atoms with Crippen molar-refractivity contribution in [3.05, 3.63) is 71.8 Å². The first-order valence-corrected chi connectivity index (χ1v) is 10.8. The van der Waals surface area contributed by atoms with Crippen molar-refractivity contribution in [1.82, 2.24) is 0 Å². The lowest BCUT2D eigenvalue weighted by Crippen LogP contribution is -2.33. The molecule has 0 atom stereocenters. The molecule has 0 amide bonds. The number of aromatic nitrogens is 2. The Kier molecular flexibility index (Phi) is 5.08. The third kappa shape index (κ3) is 3.02. The molecule has 0 saturated carbocycles. The van der Waals surface area contributed by atoms with Gasteiger partial charge in [0.15, 0.2) is 12.4 Å². The number of pyridine rings is 2. The summed E-state index contributed by atoms with van der Waals surface area (Å²) in [7, 11) is 1.56. The highest BCUT2D eigenvalue weighted by molar-refractivity contribution is 9.50. The molecular formula is C17H15BrN2S2+2. The zero-order valence-corrected chi connectivity index (χ0v) is 15.2. The predicted molar refractivity (Wildman–Crippen MR) is 98.5 cm³/mol. The quantitative estimate of drug-likeness (QED) is 0.341. The number of hydrogen-bond acceptors (Lipinski definition) is 2. The summed E-state index contributed by atoms with van der Waals surface area (Å²) in [4.78, 5) is 0. The second-order valence-electron chi connectivity index (χ2n) is 4.63. The molecule has 0 N–H and O–H groups in total. The normalized spacial score (nSPS) is 10.5. The van der Waals surface area contributed by atoms with Crippen molar-refractivity contribution in [2.45, 2.75) is 0 Å². The highest BCUT2D eigenvalue weighted by Gasteiger charge is 2.21. The molecule has 0 unspecified atom stereocenters. The molecule has 4 aromatic rings. The topological polar surface area (TPSA) is 8.20 Å². The Hall–Kier alpha value is -1.43. The molecule has 4 aromatic heterocycles. The first-order chi connectivity index (χ1) is 10.8. The molecule has 2 nitrogen and oxygen atoms in total. The molecule has 0 aliphatic carbocycles. The Morgan fingerprint density at radius 2 is 1.73 bits per heavy atom. The molecule has 5 heteroatoms. The minimum atomic E-state index is 1.21. The van der Waals surface area contributed by atoms with Crippen LogP contribution in [0.4, 0.5) is 0 Å². The van der Waals surface area contributed by atoms with E-state index in [1.54, 1.807) is 21.5 Å². The molecule has 110 valence electrons. The van der Waals surface area contributed by atoms with Gasteiger partial charge in [-0.3, -0.25) is 0 Å². The molecule has 4 heterocycles. The van der Waals surface area contributed by atoms with Crippen LogP contribution in [0.15, 0.2) is 71.8 Å². The fourth-order valence-corrected chi connectivity index (χ4v) is 3.12. The third-order valence-electron chi connectivity index (χ3n) is 3.35. The van der Waals surface area contributed by atoms with Gasteiger partial charge in [0.1, 0.15) is 0 Å². The highest BCUT2D eigenvalue weighted by Crippen LogP contribution is 2.19. The summed E-state index contributed by atoms with van der Waals surface area (Å²) in [6, 6.07) is 14.8. The van der Waals surface area contributed by atoms with Crippen molar-refractivity contribution >= 4 is 47.4 Å². The second kappa shape index (κ2) is 7.22. The van der Waals surface area contributed by atoms with Crippen molar-refractivity contribution in [1.29, 1.82) is 0 Å². The van der Waals surface area contributed by atoms with Gasteiger partial charge in [0.25, 0.3) is 16.7 Å². The van der Waals surface area contributed by atoms with E-state index in [4.69, 9.17) is 0 Å². The minimum absolute atomic E-state index is 1.21. The number of fused-ring (bicyclic) bond motifs is 3. The van der Waals surface area contributed by atoms with Crippen molar-refractivity contribution in [2.75, 3.05) is 6.26 Å². The number of hydrogen-bond donors (Lipinski definition) is 0.